The van der Waals surface area contributed by atoms with E-state index >= 15 is 0 Å². The Kier molecular flexibility index (Phi) is 2.17. The topological polar surface area (TPSA) is 55.4 Å². The van der Waals surface area contributed by atoms with Crippen LogP contribution in [0.2, 0.25) is 0 Å². The summed E-state index contributed by atoms with van der Waals surface area (Å²) in [6.45, 7) is 1.68. The van der Waals surface area contributed by atoms with Gasteiger partial charge in [0, 0.05) is 12.6 Å². The molecule has 2 aromatic heterocycles. The van der Waals surface area contributed by atoms with Gasteiger partial charge in [-0.25, -0.2) is 4.98 Å². The number of nitrogens with one attached hydrogen (secondary N) is 1. The number of furan rings is 1. The van der Waals surface area contributed by atoms with Crippen molar-refractivity contribution in [3.05, 3.63) is 48.5 Å². The van der Waals surface area contributed by atoms with E-state index in [1.54, 1.807) is 6.33 Å². The highest BCUT2D eigenvalue weighted by atomic mass is 16.4. The van der Waals surface area contributed by atoms with Gasteiger partial charge in [-0.1, -0.05) is 12.1 Å². The first-order chi connectivity index (χ1) is 9.42. The average molecular weight is 252 g/mol. The Morgan fingerprint density at radius 3 is 3.00 bits per heavy atom. The molecule has 3 heterocycles. The molecular weight excluding hydrogens is 240 g/mol. The van der Waals surface area contributed by atoms with E-state index in [-0.39, 0.29) is 0 Å². The van der Waals surface area contributed by atoms with Crippen LogP contribution in [0.25, 0.3) is 16.9 Å². The summed E-state index contributed by atoms with van der Waals surface area (Å²) in [6.07, 6.45) is 1.77. The monoisotopic (exact) mass is 252 g/mol. The Bertz CT molecular complexity index is 768. The zero-order valence-corrected chi connectivity index (χ0v) is 10.2. The number of fused-ring (bicyclic) bond motifs is 1. The second-order valence-corrected chi connectivity index (χ2v) is 4.40. The Morgan fingerprint density at radius 2 is 2.11 bits per heavy atom. The van der Waals surface area contributed by atoms with E-state index in [0.29, 0.717) is 0 Å². The van der Waals surface area contributed by atoms with Crippen LogP contribution >= 0.6 is 0 Å². The van der Waals surface area contributed by atoms with Crippen molar-refractivity contribution in [3.63, 3.8) is 0 Å². The highest BCUT2D eigenvalue weighted by molar-refractivity contribution is 5.97. The van der Waals surface area contributed by atoms with Crippen molar-refractivity contribution in [3.8, 4) is 5.88 Å². The summed E-state index contributed by atoms with van der Waals surface area (Å²) in [5, 5.41) is 3.20. The molecule has 0 fully saturated rings. The lowest BCUT2D eigenvalue weighted by Crippen LogP contribution is -2.18. The van der Waals surface area contributed by atoms with Gasteiger partial charge in [-0.05, 0) is 18.2 Å². The number of amidine groups is 1. The summed E-state index contributed by atoms with van der Waals surface area (Å²) in [5.74, 6) is 2.35. The average Bonchev–Trinajstić information content (AvgIpc) is 3.18. The lowest BCUT2D eigenvalue weighted by atomic mass is 10.3. The maximum absolute atomic E-state index is 5.85. The molecule has 0 radical (unpaired) electrons. The number of rotatable bonds is 2. The quantitative estimate of drug-likeness (QED) is 0.758. The van der Waals surface area contributed by atoms with Crippen molar-refractivity contribution in [1.29, 1.82) is 0 Å². The molecule has 19 heavy (non-hydrogen) atoms. The summed E-state index contributed by atoms with van der Waals surface area (Å²) in [4.78, 5) is 8.71. The molecule has 0 atom stereocenters. The van der Waals surface area contributed by atoms with E-state index in [2.05, 4.69) is 15.3 Å². The number of aromatic nitrogens is 2. The minimum Gasteiger partial charge on any atom is -0.437 e. The van der Waals surface area contributed by atoms with E-state index in [9.17, 15) is 0 Å². The number of hydrogen-bond acceptors (Lipinski definition) is 4. The van der Waals surface area contributed by atoms with Gasteiger partial charge >= 0.3 is 0 Å². The Morgan fingerprint density at radius 1 is 1.16 bits per heavy atom. The summed E-state index contributed by atoms with van der Waals surface area (Å²) in [5.41, 5.74) is 1.99. The third-order valence-corrected chi connectivity index (χ3v) is 3.19. The molecule has 0 amide bonds. The van der Waals surface area contributed by atoms with Gasteiger partial charge in [0.15, 0.2) is 11.6 Å². The first-order valence-electron chi connectivity index (χ1n) is 6.23. The smallest absolute Gasteiger partial charge is 0.206 e. The van der Waals surface area contributed by atoms with Gasteiger partial charge in [-0.15, -0.1) is 0 Å². The second kappa shape index (κ2) is 3.98. The number of imidazole rings is 1. The van der Waals surface area contributed by atoms with E-state index in [0.717, 1.165) is 41.6 Å². The van der Waals surface area contributed by atoms with Gasteiger partial charge in [-0.3, -0.25) is 9.56 Å². The molecule has 0 unspecified atom stereocenters. The Balaban J connectivity index is 1.80. The van der Waals surface area contributed by atoms with Crippen LogP contribution in [0.5, 0.6) is 0 Å². The third-order valence-electron chi connectivity index (χ3n) is 3.19. The zero-order valence-electron chi connectivity index (χ0n) is 10.2. The van der Waals surface area contributed by atoms with Gasteiger partial charge < -0.3 is 9.73 Å². The van der Waals surface area contributed by atoms with E-state index in [1.807, 2.05) is 41.0 Å². The van der Waals surface area contributed by atoms with Crippen molar-refractivity contribution in [2.24, 2.45) is 4.99 Å². The lowest BCUT2D eigenvalue weighted by molar-refractivity contribution is 0.532. The normalized spacial score (nSPS) is 14.6. The molecule has 0 spiro atoms. The molecule has 4 rings (SSSR count). The molecular formula is C14H12N4O. The Hall–Kier alpha value is -2.56. The molecule has 1 N–H and O–H groups in total. The van der Waals surface area contributed by atoms with Gasteiger partial charge in [0.25, 0.3) is 0 Å². The van der Waals surface area contributed by atoms with Crippen LogP contribution in [-0.2, 0) is 0 Å². The van der Waals surface area contributed by atoms with Gasteiger partial charge in [-0.2, -0.15) is 0 Å². The van der Waals surface area contributed by atoms with Crippen LogP contribution in [0, 0.1) is 0 Å². The Labute approximate surface area is 109 Å². The van der Waals surface area contributed by atoms with Crippen molar-refractivity contribution in [2.75, 3.05) is 13.1 Å². The van der Waals surface area contributed by atoms with Gasteiger partial charge in [0.05, 0.1) is 17.6 Å². The fourth-order valence-electron chi connectivity index (χ4n) is 2.28. The van der Waals surface area contributed by atoms with Gasteiger partial charge in [0.1, 0.15) is 6.33 Å². The maximum Gasteiger partial charge on any atom is 0.206 e. The van der Waals surface area contributed by atoms with E-state index < -0.39 is 0 Å². The number of benzene rings is 1. The SMILES string of the molecule is c1ccc2c(c1)ncn2-c1ccc(C2=NCCN2)o1. The molecule has 3 aromatic rings. The van der Waals surface area contributed by atoms with Crippen LogP contribution in [-0.4, -0.2) is 28.5 Å². The molecule has 1 aliphatic rings. The van der Waals surface area contributed by atoms with Crippen molar-refractivity contribution < 1.29 is 4.42 Å². The second-order valence-electron chi connectivity index (χ2n) is 4.40. The minimum atomic E-state index is 0.750. The number of para-hydroxylation sites is 2. The number of nitrogens with zero attached hydrogens (tertiary/aromatic N) is 3. The minimum absolute atomic E-state index is 0.750. The first-order valence-corrected chi connectivity index (χ1v) is 6.23. The maximum atomic E-state index is 5.85. The van der Waals surface area contributed by atoms with E-state index in [4.69, 9.17) is 4.42 Å². The molecule has 0 saturated heterocycles. The molecule has 0 aliphatic carbocycles. The summed E-state index contributed by atoms with van der Waals surface area (Å²) < 4.78 is 7.79. The summed E-state index contributed by atoms with van der Waals surface area (Å²) in [6, 6.07) is 11.8. The molecule has 5 nitrogen and oxygen atoms in total. The predicted octanol–water partition coefficient (Wildman–Crippen LogP) is 1.97. The fraction of sp³-hybridized carbons (Fsp3) is 0.143. The molecule has 5 heteroatoms. The van der Waals surface area contributed by atoms with Crippen molar-refractivity contribution >= 4 is 16.9 Å². The largest absolute Gasteiger partial charge is 0.437 e. The predicted molar refractivity (Wildman–Crippen MR) is 72.7 cm³/mol. The third kappa shape index (κ3) is 1.62. The fourth-order valence-corrected chi connectivity index (χ4v) is 2.28. The van der Waals surface area contributed by atoms with Crippen LogP contribution in [0.1, 0.15) is 5.76 Å². The molecule has 94 valence electrons. The van der Waals surface area contributed by atoms with E-state index in [1.165, 1.54) is 0 Å². The van der Waals surface area contributed by atoms with Crippen LogP contribution in [0.4, 0.5) is 0 Å². The summed E-state index contributed by atoms with van der Waals surface area (Å²) >= 11 is 0. The highest BCUT2D eigenvalue weighted by Gasteiger charge is 2.14. The van der Waals surface area contributed by atoms with Crippen LogP contribution in [0.3, 0.4) is 0 Å². The molecule has 0 saturated carbocycles. The van der Waals surface area contributed by atoms with Crippen LogP contribution in [0.15, 0.2) is 52.1 Å². The van der Waals surface area contributed by atoms with Crippen LogP contribution < -0.4 is 5.32 Å². The zero-order chi connectivity index (χ0) is 12.7. The standard InChI is InChI=1S/C14H12N4O/c1-2-4-11-10(3-1)17-9-18(11)13-6-5-12(19-13)14-15-7-8-16-14/h1-6,9H,7-8H2,(H,15,16). The number of aliphatic imine (C=N–C) groups is 1. The lowest BCUT2D eigenvalue weighted by Gasteiger charge is -2.00. The van der Waals surface area contributed by atoms with Crippen molar-refractivity contribution in [1.82, 2.24) is 14.9 Å². The molecule has 0 bridgehead atoms. The summed E-state index contributed by atoms with van der Waals surface area (Å²) in [7, 11) is 0. The first kappa shape index (κ1) is 10.4. The molecule has 1 aromatic carbocycles. The number of hydrogen-bond donors (Lipinski definition) is 1. The van der Waals surface area contributed by atoms with Crippen molar-refractivity contribution in [2.45, 2.75) is 0 Å². The molecule has 1 aliphatic heterocycles. The highest BCUT2D eigenvalue weighted by Crippen LogP contribution is 2.20. The van der Waals surface area contributed by atoms with Gasteiger partial charge in [0.2, 0.25) is 5.88 Å².